The van der Waals surface area contributed by atoms with Crippen LogP contribution in [-0.4, -0.2) is 28.8 Å². The van der Waals surface area contributed by atoms with E-state index in [2.05, 4.69) is 10.4 Å². The number of carbonyl (C=O) groups is 1. The summed E-state index contributed by atoms with van der Waals surface area (Å²) in [6.07, 6.45) is 0.0607. The average molecular weight is 355 g/mol. The van der Waals surface area contributed by atoms with Gasteiger partial charge in [-0.1, -0.05) is 18.2 Å². The molecule has 3 aromatic rings. The van der Waals surface area contributed by atoms with Crippen LogP contribution in [0.3, 0.4) is 0 Å². The van der Waals surface area contributed by atoms with Crippen molar-refractivity contribution < 1.29 is 13.9 Å². The van der Waals surface area contributed by atoms with Crippen molar-refractivity contribution in [2.24, 2.45) is 7.05 Å². The van der Waals surface area contributed by atoms with Crippen molar-refractivity contribution >= 4 is 16.7 Å². The Morgan fingerprint density at radius 1 is 1.15 bits per heavy atom. The minimum absolute atomic E-state index is 0.0607. The van der Waals surface area contributed by atoms with Crippen LogP contribution in [0.4, 0.5) is 4.39 Å². The van der Waals surface area contributed by atoms with Crippen LogP contribution in [-0.2, 0) is 18.3 Å². The molecule has 1 aromatic heterocycles. The van der Waals surface area contributed by atoms with Gasteiger partial charge in [-0.3, -0.25) is 9.59 Å². The molecule has 0 spiro atoms. The number of aryl methyl sites for hydroxylation is 1. The van der Waals surface area contributed by atoms with Crippen molar-refractivity contribution in [1.82, 2.24) is 15.1 Å². The van der Waals surface area contributed by atoms with E-state index in [1.807, 2.05) is 0 Å². The molecule has 0 aliphatic carbocycles. The van der Waals surface area contributed by atoms with E-state index < -0.39 is 0 Å². The summed E-state index contributed by atoms with van der Waals surface area (Å²) in [7, 11) is 1.56. The molecule has 2 aromatic carbocycles. The molecule has 0 aliphatic rings. The summed E-state index contributed by atoms with van der Waals surface area (Å²) in [4.78, 5) is 24.3. The fourth-order valence-corrected chi connectivity index (χ4v) is 2.61. The number of aromatic nitrogens is 2. The van der Waals surface area contributed by atoms with E-state index in [4.69, 9.17) is 4.74 Å². The molecular formula is C19H18FN3O3. The smallest absolute Gasteiger partial charge is 0.274 e. The number of halogens is 1. The zero-order valence-electron chi connectivity index (χ0n) is 14.2. The Morgan fingerprint density at radius 2 is 1.85 bits per heavy atom. The maximum absolute atomic E-state index is 12.8. The highest BCUT2D eigenvalue weighted by Crippen LogP contribution is 2.13. The molecule has 0 atom stereocenters. The van der Waals surface area contributed by atoms with Crippen molar-refractivity contribution in [3.05, 3.63) is 70.4 Å². The van der Waals surface area contributed by atoms with Crippen LogP contribution in [0.5, 0.6) is 5.75 Å². The van der Waals surface area contributed by atoms with E-state index in [1.54, 1.807) is 31.3 Å². The van der Waals surface area contributed by atoms with Gasteiger partial charge in [0.15, 0.2) is 0 Å². The number of benzene rings is 2. The third-order valence-electron chi connectivity index (χ3n) is 3.87. The van der Waals surface area contributed by atoms with E-state index in [0.717, 1.165) is 0 Å². The van der Waals surface area contributed by atoms with Gasteiger partial charge in [0.2, 0.25) is 5.91 Å². The van der Waals surface area contributed by atoms with Crippen molar-refractivity contribution in [2.75, 3.05) is 13.2 Å². The first-order valence-electron chi connectivity index (χ1n) is 8.14. The summed E-state index contributed by atoms with van der Waals surface area (Å²) in [5.41, 5.74) is 0.345. The van der Waals surface area contributed by atoms with E-state index in [-0.39, 0.29) is 30.3 Å². The van der Waals surface area contributed by atoms with Gasteiger partial charge < -0.3 is 10.1 Å². The third kappa shape index (κ3) is 4.05. The van der Waals surface area contributed by atoms with Crippen LogP contribution in [0, 0.1) is 5.82 Å². The summed E-state index contributed by atoms with van der Waals surface area (Å²) >= 11 is 0. The topological polar surface area (TPSA) is 73.2 Å². The first-order valence-corrected chi connectivity index (χ1v) is 8.14. The highest BCUT2D eigenvalue weighted by molar-refractivity contribution is 5.88. The SMILES string of the molecule is Cn1nc(CC(=O)NCCOc2ccc(F)cc2)c2ccccc2c1=O. The lowest BCUT2D eigenvalue weighted by molar-refractivity contribution is -0.120. The second-order valence-corrected chi connectivity index (χ2v) is 5.75. The molecule has 0 bridgehead atoms. The second kappa shape index (κ2) is 7.77. The zero-order chi connectivity index (χ0) is 18.5. The number of nitrogens with zero attached hydrogens (tertiary/aromatic N) is 2. The van der Waals surface area contributed by atoms with Crippen LogP contribution in [0.25, 0.3) is 10.8 Å². The molecule has 0 saturated heterocycles. The Hall–Kier alpha value is -3.22. The molecular weight excluding hydrogens is 337 g/mol. The van der Waals surface area contributed by atoms with E-state index in [9.17, 15) is 14.0 Å². The summed E-state index contributed by atoms with van der Waals surface area (Å²) in [6, 6.07) is 12.8. The Labute approximate surface area is 149 Å². The molecule has 134 valence electrons. The van der Waals surface area contributed by atoms with Crippen molar-refractivity contribution in [2.45, 2.75) is 6.42 Å². The number of carbonyl (C=O) groups excluding carboxylic acids is 1. The molecule has 1 heterocycles. The lowest BCUT2D eigenvalue weighted by Crippen LogP contribution is -2.31. The van der Waals surface area contributed by atoms with Crippen LogP contribution < -0.4 is 15.6 Å². The molecule has 3 rings (SSSR count). The second-order valence-electron chi connectivity index (χ2n) is 5.75. The summed E-state index contributed by atoms with van der Waals surface area (Å²) in [5, 5.41) is 8.16. The van der Waals surface area contributed by atoms with E-state index >= 15 is 0 Å². The Balaban J connectivity index is 1.58. The maximum Gasteiger partial charge on any atom is 0.274 e. The molecule has 0 saturated carbocycles. The van der Waals surface area contributed by atoms with Crippen LogP contribution in [0.1, 0.15) is 5.69 Å². The summed E-state index contributed by atoms with van der Waals surface area (Å²) in [5.74, 6) is -0.0157. The molecule has 0 unspecified atom stereocenters. The largest absolute Gasteiger partial charge is 0.492 e. The Morgan fingerprint density at radius 3 is 2.58 bits per heavy atom. The molecule has 7 heteroatoms. The Bertz CT molecular complexity index is 983. The first-order chi connectivity index (χ1) is 12.5. The fraction of sp³-hybridized carbons (Fsp3) is 0.211. The Kier molecular flexibility index (Phi) is 5.26. The number of amides is 1. The van der Waals surface area contributed by atoms with Gasteiger partial charge in [0.25, 0.3) is 5.56 Å². The van der Waals surface area contributed by atoms with Gasteiger partial charge in [0, 0.05) is 12.4 Å². The standard InChI is InChI=1S/C19H18FN3O3/c1-23-19(25)16-5-3-2-4-15(16)17(22-23)12-18(24)21-10-11-26-14-8-6-13(20)7-9-14/h2-9H,10-12H2,1H3,(H,21,24). The van der Waals surface area contributed by atoms with Gasteiger partial charge in [-0.15, -0.1) is 0 Å². The number of ether oxygens (including phenoxy) is 1. The zero-order valence-corrected chi connectivity index (χ0v) is 14.2. The lowest BCUT2D eigenvalue weighted by atomic mass is 10.1. The van der Waals surface area contributed by atoms with Gasteiger partial charge in [-0.2, -0.15) is 5.10 Å². The van der Waals surface area contributed by atoms with Crippen LogP contribution in [0.2, 0.25) is 0 Å². The number of fused-ring (bicyclic) bond motifs is 1. The van der Waals surface area contributed by atoms with Gasteiger partial charge in [0.05, 0.1) is 24.0 Å². The highest BCUT2D eigenvalue weighted by atomic mass is 19.1. The molecule has 1 amide bonds. The van der Waals surface area contributed by atoms with Crippen LogP contribution in [0.15, 0.2) is 53.3 Å². The van der Waals surface area contributed by atoms with Crippen molar-refractivity contribution in [3.63, 3.8) is 0 Å². The van der Waals surface area contributed by atoms with E-state index in [1.165, 1.54) is 28.9 Å². The minimum Gasteiger partial charge on any atom is -0.492 e. The molecule has 0 aliphatic heterocycles. The molecule has 6 nitrogen and oxygen atoms in total. The maximum atomic E-state index is 12.8. The van der Waals surface area contributed by atoms with Gasteiger partial charge in [-0.25, -0.2) is 9.07 Å². The molecule has 1 N–H and O–H groups in total. The van der Waals surface area contributed by atoms with Gasteiger partial charge >= 0.3 is 0 Å². The molecule has 0 fully saturated rings. The highest BCUT2D eigenvalue weighted by Gasteiger charge is 2.12. The average Bonchev–Trinajstić information content (AvgIpc) is 2.64. The number of hydrogen-bond donors (Lipinski definition) is 1. The fourth-order valence-electron chi connectivity index (χ4n) is 2.61. The lowest BCUT2D eigenvalue weighted by Gasteiger charge is -2.09. The quantitative estimate of drug-likeness (QED) is 0.685. The van der Waals surface area contributed by atoms with Gasteiger partial charge in [-0.05, 0) is 30.3 Å². The third-order valence-corrected chi connectivity index (χ3v) is 3.87. The molecule has 0 radical (unpaired) electrons. The summed E-state index contributed by atoms with van der Waals surface area (Å²) < 4.78 is 19.5. The number of nitrogens with one attached hydrogen (secondary N) is 1. The van der Waals surface area contributed by atoms with Crippen molar-refractivity contribution in [3.8, 4) is 5.75 Å². The minimum atomic E-state index is -0.331. The number of rotatable bonds is 6. The normalized spacial score (nSPS) is 10.7. The van der Waals surface area contributed by atoms with Crippen LogP contribution >= 0.6 is 0 Å². The molecule has 26 heavy (non-hydrogen) atoms. The summed E-state index contributed by atoms with van der Waals surface area (Å²) in [6.45, 7) is 0.568. The van der Waals surface area contributed by atoms with E-state index in [0.29, 0.717) is 28.8 Å². The van der Waals surface area contributed by atoms with Gasteiger partial charge in [0.1, 0.15) is 18.2 Å². The predicted octanol–water partition coefficient (Wildman–Crippen LogP) is 1.81. The first kappa shape index (κ1) is 17.6. The monoisotopic (exact) mass is 355 g/mol. The number of hydrogen-bond acceptors (Lipinski definition) is 4. The predicted molar refractivity (Wildman–Crippen MR) is 95.6 cm³/mol. The van der Waals surface area contributed by atoms with Crippen molar-refractivity contribution in [1.29, 1.82) is 0 Å².